The number of likely N-dealkylation sites (N-methyl/N-ethyl adjacent to an activating group) is 1. The highest BCUT2D eigenvalue weighted by Crippen LogP contribution is 2.25. The lowest BCUT2D eigenvalue weighted by molar-refractivity contribution is -0.132. The van der Waals surface area contributed by atoms with Gasteiger partial charge >= 0.3 is 0 Å². The number of halogens is 1. The monoisotopic (exact) mass is 291 g/mol. The smallest absolute Gasteiger partial charge is 0.241 e. The Morgan fingerprint density at radius 2 is 1.95 bits per heavy atom. The third-order valence-corrected chi connectivity index (χ3v) is 3.75. The van der Waals surface area contributed by atoms with E-state index in [1.165, 1.54) is 6.42 Å². The summed E-state index contributed by atoms with van der Waals surface area (Å²) in [6.45, 7) is 2.65. The summed E-state index contributed by atoms with van der Waals surface area (Å²) in [5.74, 6) is 0.159. The van der Waals surface area contributed by atoms with Gasteiger partial charge in [0.15, 0.2) is 0 Å². The van der Waals surface area contributed by atoms with Crippen LogP contribution in [0, 0.1) is 5.92 Å². The highest BCUT2D eigenvalue weighted by atomic mass is 35.5. The lowest BCUT2D eigenvalue weighted by atomic mass is 9.83. The molecule has 0 spiro atoms. The lowest BCUT2D eigenvalue weighted by Crippen LogP contribution is -2.41. The Labute approximate surface area is 121 Å². The molecule has 3 N–H and O–H groups in total. The Bertz CT molecular complexity index is 300. The van der Waals surface area contributed by atoms with Crippen molar-refractivity contribution in [1.29, 1.82) is 0 Å². The Morgan fingerprint density at radius 1 is 1.32 bits per heavy atom. The van der Waals surface area contributed by atoms with Gasteiger partial charge in [-0.2, -0.15) is 0 Å². The second-order valence-corrected chi connectivity index (χ2v) is 5.10. The number of nitrogens with one attached hydrogen (secondary N) is 1. The standard InChI is InChI=1S/C13H25N3O2.ClH/c1-3-16(2)13(18)9-15-12(17)8-10-6-4-5-7-11(10)14;/h10-11H,3-9,14H2,1-2H3,(H,15,17);1H. The molecule has 0 heterocycles. The molecule has 5 nitrogen and oxygen atoms in total. The second kappa shape index (κ2) is 9.15. The fourth-order valence-corrected chi connectivity index (χ4v) is 2.29. The minimum Gasteiger partial charge on any atom is -0.347 e. The SMILES string of the molecule is CCN(C)C(=O)CNC(=O)CC1CCCCC1N.Cl. The molecule has 0 aromatic heterocycles. The molecule has 2 amide bonds. The van der Waals surface area contributed by atoms with E-state index in [1.54, 1.807) is 11.9 Å². The average Bonchev–Trinajstić information content (AvgIpc) is 2.37. The second-order valence-electron chi connectivity index (χ2n) is 5.10. The van der Waals surface area contributed by atoms with Crippen LogP contribution in [0.4, 0.5) is 0 Å². The van der Waals surface area contributed by atoms with E-state index in [9.17, 15) is 9.59 Å². The van der Waals surface area contributed by atoms with Gasteiger partial charge in [0.2, 0.25) is 11.8 Å². The van der Waals surface area contributed by atoms with E-state index in [0.717, 1.165) is 19.3 Å². The number of rotatable bonds is 5. The zero-order chi connectivity index (χ0) is 13.5. The van der Waals surface area contributed by atoms with Crippen LogP contribution in [0.5, 0.6) is 0 Å². The van der Waals surface area contributed by atoms with Crippen LogP contribution in [0.25, 0.3) is 0 Å². The van der Waals surface area contributed by atoms with Crippen molar-refractivity contribution < 1.29 is 9.59 Å². The lowest BCUT2D eigenvalue weighted by Gasteiger charge is -2.28. The van der Waals surface area contributed by atoms with E-state index < -0.39 is 0 Å². The van der Waals surface area contributed by atoms with Gasteiger partial charge in [0.1, 0.15) is 0 Å². The topological polar surface area (TPSA) is 75.4 Å². The number of carbonyl (C=O) groups excluding carboxylic acids is 2. The molecule has 0 aromatic rings. The summed E-state index contributed by atoms with van der Waals surface area (Å²) >= 11 is 0. The maximum Gasteiger partial charge on any atom is 0.241 e. The average molecular weight is 292 g/mol. The van der Waals surface area contributed by atoms with E-state index in [-0.39, 0.29) is 42.7 Å². The predicted molar refractivity (Wildman–Crippen MR) is 78.1 cm³/mol. The largest absolute Gasteiger partial charge is 0.347 e. The summed E-state index contributed by atoms with van der Waals surface area (Å²) in [4.78, 5) is 24.8. The van der Waals surface area contributed by atoms with Gasteiger partial charge in [-0.25, -0.2) is 0 Å². The molecule has 19 heavy (non-hydrogen) atoms. The summed E-state index contributed by atoms with van der Waals surface area (Å²) < 4.78 is 0. The van der Waals surface area contributed by atoms with Crippen molar-refractivity contribution in [3.05, 3.63) is 0 Å². The van der Waals surface area contributed by atoms with Gasteiger partial charge in [-0.05, 0) is 25.7 Å². The van der Waals surface area contributed by atoms with E-state index >= 15 is 0 Å². The zero-order valence-corrected chi connectivity index (χ0v) is 12.7. The molecule has 0 aliphatic heterocycles. The number of hydrogen-bond acceptors (Lipinski definition) is 3. The van der Waals surface area contributed by atoms with Crippen molar-refractivity contribution >= 4 is 24.2 Å². The molecular formula is C13H26ClN3O2. The maximum absolute atomic E-state index is 11.7. The molecule has 2 unspecified atom stereocenters. The molecule has 1 fully saturated rings. The first kappa shape index (κ1) is 18.2. The van der Waals surface area contributed by atoms with Gasteiger partial charge < -0.3 is 16.0 Å². The fraction of sp³-hybridized carbons (Fsp3) is 0.846. The number of nitrogens with two attached hydrogens (primary N) is 1. The molecule has 1 aliphatic carbocycles. The molecule has 0 radical (unpaired) electrons. The molecule has 1 saturated carbocycles. The summed E-state index contributed by atoms with van der Waals surface area (Å²) in [5, 5.41) is 2.68. The van der Waals surface area contributed by atoms with Gasteiger partial charge in [0.05, 0.1) is 6.54 Å². The maximum atomic E-state index is 11.7. The quantitative estimate of drug-likeness (QED) is 0.790. The van der Waals surface area contributed by atoms with Crippen LogP contribution in [0.1, 0.15) is 39.0 Å². The van der Waals surface area contributed by atoms with E-state index in [0.29, 0.717) is 13.0 Å². The van der Waals surface area contributed by atoms with Crippen LogP contribution in [-0.4, -0.2) is 42.9 Å². The minimum absolute atomic E-state index is 0. The van der Waals surface area contributed by atoms with Crippen LogP contribution in [-0.2, 0) is 9.59 Å². The van der Waals surface area contributed by atoms with Gasteiger partial charge in [0.25, 0.3) is 0 Å². The van der Waals surface area contributed by atoms with Crippen molar-refractivity contribution in [1.82, 2.24) is 10.2 Å². The molecule has 6 heteroatoms. The fourth-order valence-electron chi connectivity index (χ4n) is 2.29. The van der Waals surface area contributed by atoms with Gasteiger partial charge in [-0.15, -0.1) is 12.4 Å². The molecule has 1 rings (SSSR count). The minimum atomic E-state index is -0.0600. The molecule has 0 saturated heterocycles. The van der Waals surface area contributed by atoms with Crippen molar-refractivity contribution in [2.75, 3.05) is 20.1 Å². The Hall–Kier alpha value is -0.810. The Morgan fingerprint density at radius 3 is 2.53 bits per heavy atom. The van der Waals surface area contributed by atoms with Crippen LogP contribution in [0.15, 0.2) is 0 Å². The molecule has 0 bridgehead atoms. The third-order valence-electron chi connectivity index (χ3n) is 3.75. The normalized spacial score (nSPS) is 22.3. The van der Waals surface area contributed by atoms with Crippen molar-refractivity contribution in [2.45, 2.75) is 45.1 Å². The number of amides is 2. The molecule has 0 aromatic carbocycles. The van der Waals surface area contributed by atoms with Crippen LogP contribution in [0.3, 0.4) is 0 Å². The summed E-state index contributed by atoms with van der Waals surface area (Å²) in [6.07, 6.45) is 4.80. The van der Waals surface area contributed by atoms with Crippen LogP contribution in [0.2, 0.25) is 0 Å². The molecular weight excluding hydrogens is 266 g/mol. The van der Waals surface area contributed by atoms with Crippen LogP contribution >= 0.6 is 12.4 Å². The van der Waals surface area contributed by atoms with Gasteiger partial charge in [-0.1, -0.05) is 12.8 Å². The third kappa shape index (κ3) is 6.25. The number of carbonyl (C=O) groups is 2. The highest BCUT2D eigenvalue weighted by molar-refractivity contribution is 5.85. The molecule has 112 valence electrons. The highest BCUT2D eigenvalue weighted by Gasteiger charge is 2.24. The summed E-state index contributed by atoms with van der Waals surface area (Å²) in [7, 11) is 1.73. The summed E-state index contributed by atoms with van der Waals surface area (Å²) in [5.41, 5.74) is 6.00. The predicted octanol–water partition coefficient (Wildman–Crippen LogP) is 0.910. The zero-order valence-electron chi connectivity index (χ0n) is 11.9. The van der Waals surface area contributed by atoms with Gasteiger partial charge in [0, 0.05) is 26.1 Å². The van der Waals surface area contributed by atoms with E-state index in [1.807, 2.05) is 6.92 Å². The van der Waals surface area contributed by atoms with Gasteiger partial charge in [-0.3, -0.25) is 9.59 Å². The number of hydrogen-bond donors (Lipinski definition) is 2. The van der Waals surface area contributed by atoms with Crippen LogP contribution < -0.4 is 11.1 Å². The first-order chi connectivity index (χ1) is 8.54. The molecule has 1 aliphatic rings. The molecule has 2 atom stereocenters. The van der Waals surface area contributed by atoms with Crippen molar-refractivity contribution in [3.63, 3.8) is 0 Å². The van der Waals surface area contributed by atoms with E-state index in [4.69, 9.17) is 5.73 Å². The summed E-state index contributed by atoms with van der Waals surface area (Å²) in [6, 6.07) is 0.138. The number of nitrogens with zero attached hydrogens (tertiary/aromatic N) is 1. The van der Waals surface area contributed by atoms with Crippen molar-refractivity contribution in [3.8, 4) is 0 Å². The van der Waals surface area contributed by atoms with E-state index in [2.05, 4.69) is 5.32 Å². The Kier molecular flexibility index (Phi) is 8.76. The Balaban J connectivity index is 0.00000324. The first-order valence-electron chi connectivity index (χ1n) is 6.80. The van der Waals surface area contributed by atoms with Crippen molar-refractivity contribution in [2.24, 2.45) is 11.7 Å². The first-order valence-corrected chi connectivity index (χ1v) is 6.80.